The molecule has 0 unspecified atom stereocenters. The fourth-order valence-electron chi connectivity index (χ4n) is 1.45. The van der Waals surface area contributed by atoms with Gasteiger partial charge in [-0.2, -0.15) is 0 Å². The van der Waals surface area contributed by atoms with E-state index in [9.17, 15) is 10.1 Å². The summed E-state index contributed by atoms with van der Waals surface area (Å²) in [5.74, 6) is 0.732. The van der Waals surface area contributed by atoms with Crippen molar-refractivity contribution in [2.75, 3.05) is 5.73 Å². The fraction of sp³-hybridized carbons (Fsp3) is 0.0833. The number of nitrogens with zero attached hydrogens (tertiary/aromatic N) is 2. The van der Waals surface area contributed by atoms with E-state index < -0.39 is 4.92 Å². The zero-order chi connectivity index (χ0) is 13.8. The number of rotatable bonds is 4. The van der Waals surface area contributed by atoms with E-state index in [1.54, 1.807) is 18.3 Å². The van der Waals surface area contributed by atoms with Gasteiger partial charge < -0.3 is 10.5 Å². The molecule has 1 heterocycles. The number of pyridine rings is 1. The molecule has 1 aromatic carbocycles. The first-order valence-corrected chi connectivity index (χ1v) is 5.72. The molecule has 0 atom stereocenters. The molecule has 19 heavy (non-hydrogen) atoms. The molecule has 0 fully saturated rings. The number of non-ortho nitro benzene ring substituents is 1. The van der Waals surface area contributed by atoms with Gasteiger partial charge >= 0.3 is 0 Å². The Bertz CT molecular complexity index is 619. The first kappa shape index (κ1) is 13.1. The SMILES string of the molecule is Nc1ncccc1COc1ccc([N+](=O)[O-])cc1Cl. The number of hydrogen-bond donors (Lipinski definition) is 1. The van der Waals surface area contributed by atoms with Gasteiger partial charge in [0.15, 0.2) is 0 Å². The van der Waals surface area contributed by atoms with Gasteiger partial charge in [-0.05, 0) is 12.1 Å². The van der Waals surface area contributed by atoms with E-state index in [2.05, 4.69) is 4.98 Å². The highest BCUT2D eigenvalue weighted by atomic mass is 35.5. The van der Waals surface area contributed by atoms with Gasteiger partial charge in [0.25, 0.3) is 5.69 Å². The zero-order valence-electron chi connectivity index (χ0n) is 9.75. The lowest BCUT2D eigenvalue weighted by Crippen LogP contribution is -2.02. The molecule has 0 radical (unpaired) electrons. The maximum atomic E-state index is 10.6. The maximum Gasteiger partial charge on any atom is 0.271 e. The van der Waals surface area contributed by atoms with Crippen molar-refractivity contribution < 1.29 is 9.66 Å². The Morgan fingerprint density at radius 1 is 1.42 bits per heavy atom. The van der Waals surface area contributed by atoms with Crippen LogP contribution in [-0.4, -0.2) is 9.91 Å². The fourth-order valence-corrected chi connectivity index (χ4v) is 1.68. The van der Waals surface area contributed by atoms with Crippen LogP contribution in [0.4, 0.5) is 11.5 Å². The number of nitrogens with two attached hydrogens (primary N) is 1. The molecule has 2 rings (SSSR count). The molecule has 0 saturated heterocycles. The highest BCUT2D eigenvalue weighted by Gasteiger charge is 2.10. The van der Waals surface area contributed by atoms with Gasteiger partial charge in [0.1, 0.15) is 18.2 Å². The predicted octanol–water partition coefficient (Wildman–Crippen LogP) is 2.80. The lowest BCUT2D eigenvalue weighted by molar-refractivity contribution is -0.384. The van der Waals surface area contributed by atoms with Gasteiger partial charge in [0.05, 0.1) is 9.95 Å². The van der Waals surface area contributed by atoms with E-state index in [0.29, 0.717) is 11.6 Å². The van der Waals surface area contributed by atoms with E-state index >= 15 is 0 Å². The maximum absolute atomic E-state index is 10.6. The summed E-state index contributed by atoms with van der Waals surface area (Å²) >= 11 is 5.90. The van der Waals surface area contributed by atoms with E-state index in [1.807, 2.05) is 0 Å². The smallest absolute Gasteiger partial charge is 0.271 e. The number of nitro groups is 1. The average molecular weight is 280 g/mol. The van der Waals surface area contributed by atoms with Crippen LogP contribution in [0, 0.1) is 10.1 Å². The highest BCUT2D eigenvalue weighted by Crippen LogP contribution is 2.29. The predicted molar refractivity (Wildman–Crippen MR) is 71.1 cm³/mol. The molecule has 0 bridgehead atoms. The van der Waals surface area contributed by atoms with Crippen LogP contribution in [-0.2, 0) is 6.61 Å². The zero-order valence-corrected chi connectivity index (χ0v) is 10.5. The lowest BCUT2D eigenvalue weighted by atomic mass is 10.2. The normalized spacial score (nSPS) is 10.2. The summed E-state index contributed by atoms with van der Waals surface area (Å²) < 4.78 is 5.46. The monoisotopic (exact) mass is 279 g/mol. The Morgan fingerprint density at radius 2 is 2.21 bits per heavy atom. The third-order valence-corrected chi connectivity index (χ3v) is 2.73. The van der Waals surface area contributed by atoms with Crippen LogP contribution in [0.3, 0.4) is 0 Å². The molecule has 0 amide bonds. The number of aromatic nitrogens is 1. The molecule has 7 heteroatoms. The molecule has 0 aliphatic carbocycles. The Kier molecular flexibility index (Phi) is 3.82. The number of anilines is 1. The van der Waals surface area contributed by atoms with Gasteiger partial charge in [-0.1, -0.05) is 17.7 Å². The van der Waals surface area contributed by atoms with Gasteiger partial charge in [0.2, 0.25) is 0 Å². The lowest BCUT2D eigenvalue weighted by Gasteiger charge is -2.08. The third kappa shape index (κ3) is 3.11. The van der Waals surface area contributed by atoms with Gasteiger partial charge in [-0.25, -0.2) is 4.98 Å². The summed E-state index contributed by atoms with van der Waals surface area (Å²) in [6, 6.07) is 7.54. The Labute approximate surface area is 113 Å². The number of nitro benzene ring substituents is 1. The van der Waals surface area contributed by atoms with Gasteiger partial charge in [-0.15, -0.1) is 0 Å². The molecule has 6 nitrogen and oxygen atoms in total. The molecule has 0 spiro atoms. The summed E-state index contributed by atoms with van der Waals surface area (Å²) in [5, 5.41) is 10.7. The summed E-state index contributed by atoms with van der Waals surface area (Å²) in [4.78, 5) is 14.0. The minimum Gasteiger partial charge on any atom is -0.487 e. The minimum absolute atomic E-state index is 0.0850. The molecular weight excluding hydrogens is 270 g/mol. The summed E-state index contributed by atoms with van der Waals surface area (Å²) in [7, 11) is 0. The standard InChI is InChI=1S/C12H10ClN3O3/c13-10-6-9(16(17)18)3-4-11(10)19-7-8-2-1-5-15-12(8)14/h1-6H,7H2,(H2,14,15). The van der Waals surface area contributed by atoms with Crippen LogP contribution in [0.2, 0.25) is 5.02 Å². The van der Waals surface area contributed by atoms with Crippen molar-refractivity contribution in [1.29, 1.82) is 0 Å². The second-order valence-corrected chi connectivity index (χ2v) is 4.12. The molecule has 0 aliphatic heterocycles. The number of hydrogen-bond acceptors (Lipinski definition) is 5. The topological polar surface area (TPSA) is 91.3 Å². The van der Waals surface area contributed by atoms with Crippen LogP contribution in [0.25, 0.3) is 0 Å². The number of nitrogen functional groups attached to an aromatic ring is 1. The van der Waals surface area contributed by atoms with E-state index in [1.165, 1.54) is 18.2 Å². The summed E-state index contributed by atoms with van der Waals surface area (Å²) in [5.41, 5.74) is 6.31. The van der Waals surface area contributed by atoms with Gasteiger partial charge in [-0.3, -0.25) is 10.1 Å². The molecule has 0 aliphatic rings. The van der Waals surface area contributed by atoms with Crippen molar-refractivity contribution >= 4 is 23.1 Å². The number of halogens is 1. The van der Waals surface area contributed by atoms with Crippen molar-refractivity contribution in [2.45, 2.75) is 6.61 Å². The van der Waals surface area contributed by atoms with Crippen molar-refractivity contribution in [3.8, 4) is 5.75 Å². The van der Waals surface area contributed by atoms with Crippen LogP contribution in [0.5, 0.6) is 5.75 Å². The molecule has 0 saturated carbocycles. The summed E-state index contributed by atoms with van der Waals surface area (Å²) in [6.07, 6.45) is 1.58. The first-order chi connectivity index (χ1) is 9.08. The molecular formula is C12H10ClN3O3. The average Bonchev–Trinajstić information content (AvgIpc) is 2.39. The number of benzene rings is 1. The van der Waals surface area contributed by atoms with Crippen LogP contribution in [0.15, 0.2) is 36.5 Å². The second kappa shape index (κ2) is 5.53. The van der Waals surface area contributed by atoms with Crippen LogP contribution in [0.1, 0.15) is 5.56 Å². The van der Waals surface area contributed by atoms with Crippen molar-refractivity contribution in [2.24, 2.45) is 0 Å². The van der Waals surface area contributed by atoms with Crippen molar-refractivity contribution in [3.63, 3.8) is 0 Å². The first-order valence-electron chi connectivity index (χ1n) is 5.34. The highest BCUT2D eigenvalue weighted by molar-refractivity contribution is 6.32. The van der Waals surface area contributed by atoms with Crippen molar-refractivity contribution in [3.05, 3.63) is 57.2 Å². The van der Waals surface area contributed by atoms with Crippen molar-refractivity contribution in [1.82, 2.24) is 4.98 Å². The third-order valence-electron chi connectivity index (χ3n) is 2.44. The van der Waals surface area contributed by atoms with Crippen LogP contribution < -0.4 is 10.5 Å². The van der Waals surface area contributed by atoms with E-state index in [4.69, 9.17) is 22.1 Å². The van der Waals surface area contributed by atoms with E-state index in [0.717, 1.165) is 5.56 Å². The Balaban J connectivity index is 2.12. The molecule has 2 aromatic rings. The minimum atomic E-state index is -0.519. The largest absolute Gasteiger partial charge is 0.487 e. The van der Waals surface area contributed by atoms with Gasteiger partial charge in [0, 0.05) is 23.9 Å². The molecule has 2 N–H and O–H groups in total. The Hall–Kier alpha value is -2.34. The molecule has 1 aromatic heterocycles. The number of ether oxygens (including phenoxy) is 1. The second-order valence-electron chi connectivity index (χ2n) is 3.71. The quantitative estimate of drug-likeness (QED) is 0.686. The Morgan fingerprint density at radius 3 is 2.84 bits per heavy atom. The molecule has 98 valence electrons. The summed E-state index contributed by atoms with van der Waals surface area (Å²) in [6.45, 7) is 0.192. The van der Waals surface area contributed by atoms with E-state index in [-0.39, 0.29) is 17.3 Å². The van der Waals surface area contributed by atoms with Crippen LogP contribution >= 0.6 is 11.6 Å².